The maximum absolute atomic E-state index is 6.10. The topological polar surface area (TPSA) is 12.5 Å². The van der Waals surface area contributed by atoms with Crippen molar-refractivity contribution in [1.82, 2.24) is 4.90 Å². The molecule has 0 bridgehead atoms. The lowest BCUT2D eigenvalue weighted by Gasteiger charge is -2.24. The van der Waals surface area contributed by atoms with Gasteiger partial charge < -0.3 is 9.64 Å². The van der Waals surface area contributed by atoms with Crippen molar-refractivity contribution in [2.75, 3.05) is 27.3 Å². The van der Waals surface area contributed by atoms with E-state index in [1.54, 1.807) is 19.3 Å². The second-order valence-electron chi connectivity index (χ2n) is 13.5. The Morgan fingerprint density at radius 1 is 0.568 bits per heavy atom. The van der Waals surface area contributed by atoms with Gasteiger partial charge in [-0.1, -0.05) is 136 Å². The van der Waals surface area contributed by atoms with Crippen LogP contribution in [-0.2, 0) is 4.74 Å². The highest BCUT2D eigenvalue weighted by Crippen LogP contribution is 2.54. The van der Waals surface area contributed by atoms with Crippen LogP contribution in [0.3, 0.4) is 0 Å². The molecule has 2 rings (SSSR count). The number of ether oxygens (including phenoxy) is 1. The highest BCUT2D eigenvalue weighted by molar-refractivity contribution is 4.94. The van der Waals surface area contributed by atoms with Crippen LogP contribution in [-0.4, -0.2) is 38.3 Å². The van der Waals surface area contributed by atoms with Gasteiger partial charge in [0.1, 0.15) is 0 Å². The van der Waals surface area contributed by atoms with Gasteiger partial charge in [-0.3, -0.25) is 0 Å². The third-order valence-electron chi connectivity index (χ3n) is 9.72. The van der Waals surface area contributed by atoms with Crippen LogP contribution in [0.1, 0.15) is 168 Å². The summed E-state index contributed by atoms with van der Waals surface area (Å²) in [5.74, 6) is 4.51. The lowest BCUT2D eigenvalue weighted by molar-refractivity contribution is 0.0721. The summed E-state index contributed by atoms with van der Waals surface area (Å²) in [6.45, 7) is 6.52. The first-order valence-corrected chi connectivity index (χ1v) is 17.4. The standard InChI is InChI=1S/C35H69NO/c1-5-7-9-10-11-12-13-17-21-25-35(36(3)4)30-37-26-22-18-15-14-16-20-24-32-28-34(32)29-33-27-31(33)23-19-8-6-2/h31-35H,5-30H2,1-4H3/t31-,32+,33-,34+,35?/m0/s1. The van der Waals surface area contributed by atoms with Gasteiger partial charge in [-0.25, -0.2) is 0 Å². The zero-order valence-electron chi connectivity index (χ0n) is 26.1. The highest BCUT2D eigenvalue weighted by atomic mass is 16.5. The van der Waals surface area contributed by atoms with Crippen LogP contribution < -0.4 is 0 Å². The van der Waals surface area contributed by atoms with Crippen LogP contribution in [0.5, 0.6) is 0 Å². The van der Waals surface area contributed by atoms with Gasteiger partial charge >= 0.3 is 0 Å². The van der Waals surface area contributed by atoms with Crippen LogP contribution in [0.15, 0.2) is 0 Å². The van der Waals surface area contributed by atoms with Crippen molar-refractivity contribution in [1.29, 1.82) is 0 Å². The molecule has 2 nitrogen and oxygen atoms in total. The number of rotatable bonds is 28. The number of unbranched alkanes of at least 4 members (excludes halogenated alkanes) is 15. The fraction of sp³-hybridized carbons (Fsp3) is 1.00. The molecule has 37 heavy (non-hydrogen) atoms. The van der Waals surface area contributed by atoms with Gasteiger partial charge in [-0.05, 0) is 69.9 Å². The Bertz CT molecular complexity index is 505. The minimum Gasteiger partial charge on any atom is -0.380 e. The lowest BCUT2D eigenvalue weighted by Crippen LogP contribution is -2.32. The predicted molar refractivity (Wildman–Crippen MR) is 164 cm³/mol. The van der Waals surface area contributed by atoms with E-state index in [0.29, 0.717) is 6.04 Å². The molecule has 0 aromatic heterocycles. The van der Waals surface area contributed by atoms with Gasteiger partial charge in [-0.2, -0.15) is 0 Å². The lowest BCUT2D eigenvalue weighted by atomic mass is 10.0. The van der Waals surface area contributed by atoms with Crippen LogP contribution in [0.4, 0.5) is 0 Å². The summed E-state index contributed by atoms with van der Waals surface area (Å²) in [7, 11) is 4.45. The van der Waals surface area contributed by atoms with Crippen LogP contribution in [0, 0.1) is 23.7 Å². The number of hydrogen-bond acceptors (Lipinski definition) is 2. The van der Waals surface area contributed by atoms with Gasteiger partial charge in [0.05, 0.1) is 6.61 Å². The van der Waals surface area contributed by atoms with E-state index >= 15 is 0 Å². The van der Waals surface area contributed by atoms with E-state index in [1.165, 1.54) is 135 Å². The van der Waals surface area contributed by atoms with E-state index in [9.17, 15) is 0 Å². The minimum atomic E-state index is 0.600. The molecular weight excluding hydrogens is 450 g/mol. The smallest absolute Gasteiger partial charge is 0.0621 e. The van der Waals surface area contributed by atoms with Crippen molar-refractivity contribution in [2.45, 2.75) is 174 Å². The third kappa shape index (κ3) is 17.3. The Hall–Kier alpha value is -0.0800. The Kier molecular flexibility index (Phi) is 19.4. The summed E-state index contributed by atoms with van der Waals surface area (Å²) in [5.41, 5.74) is 0. The first-order chi connectivity index (χ1) is 18.2. The highest BCUT2D eigenvalue weighted by Gasteiger charge is 2.44. The Labute approximate surface area is 234 Å². The molecule has 0 spiro atoms. The molecule has 2 aliphatic rings. The zero-order chi connectivity index (χ0) is 26.6. The van der Waals surface area contributed by atoms with Gasteiger partial charge in [0.25, 0.3) is 0 Å². The zero-order valence-corrected chi connectivity index (χ0v) is 26.1. The predicted octanol–water partition coefficient (Wildman–Crippen LogP) is 10.8. The van der Waals surface area contributed by atoms with E-state index < -0.39 is 0 Å². The van der Waals surface area contributed by atoms with Gasteiger partial charge in [-0.15, -0.1) is 0 Å². The van der Waals surface area contributed by atoms with Crippen LogP contribution in [0.25, 0.3) is 0 Å². The first kappa shape index (κ1) is 33.1. The minimum absolute atomic E-state index is 0.600. The van der Waals surface area contributed by atoms with Crippen molar-refractivity contribution in [2.24, 2.45) is 23.7 Å². The Morgan fingerprint density at radius 3 is 1.59 bits per heavy atom. The molecule has 0 aromatic carbocycles. The summed E-state index contributed by atoms with van der Waals surface area (Å²) in [6.07, 6.45) is 34.6. The van der Waals surface area contributed by atoms with Crippen LogP contribution >= 0.6 is 0 Å². The van der Waals surface area contributed by atoms with Crippen molar-refractivity contribution < 1.29 is 4.74 Å². The second-order valence-corrected chi connectivity index (χ2v) is 13.5. The van der Waals surface area contributed by atoms with Crippen molar-refractivity contribution in [3.63, 3.8) is 0 Å². The molecule has 220 valence electrons. The molecule has 5 atom stereocenters. The van der Waals surface area contributed by atoms with E-state index in [1.807, 2.05) is 0 Å². The first-order valence-electron chi connectivity index (χ1n) is 17.4. The average molecular weight is 520 g/mol. The molecule has 0 aliphatic heterocycles. The number of nitrogens with zero attached hydrogens (tertiary/aromatic N) is 1. The molecule has 2 fully saturated rings. The summed E-state index contributed by atoms with van der Waals surface area (Å²) in [6, 6.07) is 0.600. The molecule has 0 radical (unpaired) electrons. The molecule has 0 N–H and O–H groups in total. The maximum atomic E-state index is 6.10. The number of likely N-dealkylation sites (N-methyl/N-ethyl adjacent to an activating group) is 1. The van der Waals surface area contributed by atoms with Crippen molar-refractivity contribution in [3.8, 4) is 0 Å². The quantitative estimate of drug-likeness (QED) is 0.0953. The maximum Gasteiger partial charge on any atom is 0.0621 e. The van der Waals surface area contributed by atoms with E-state index in [2.05, 4.69) is 32.8 Å². The van der Waals surface area contributed by atoms with Crippen LogP contribution in [0.2, 0.25) is 0 Å². The van der Waals surface area contributed by atoms with E-state index in [-0.39, 0.29) is 0 Å². The summed E-state index contributed by atoms with van der Waals surface area (Å²) in [5, 5.41) is 0. The second kappa shape index (κ2) is 21.7. The summed E-state index contributed by atoms with van der Waals surface area (Å²) in [4.78, 5) is 2.38. The molecule has 1 unspecified atom stereocenters. The summed E-state index contributed by atoms with van der Waals surface area (Å²) < 4.78 is 6.10. The number of hydrogen-bond donors (Lipinski definition) is 0. The molecule has 2 aliphatic carbocycles. The molecule has 0 aromatic rings. The van der Waals surface area contributed by atoms with E-state index in [0.717, 1.165) is 36.9 Å². The molecule has 2 heteroatoms. The Morgan fingerprint density at radius 2 is 1.03 bits per heavy atom. The SMILES string of the molecule is CCCCCCCCCCCC(COCCCCCCCC[C@@H]1C[C@@H]1C[C@@H]1C[C@@H]1CCCCC)N(C)C. The van der Waals surface area contributed by atoms with Crippen molar-refractivity contribution >= 4 is 0 Å². The normalized spacial score (nSPS) is 23.6. The van der Waals surface area contributed by atoms with E-state index in [4.69, 9.17) is 4.74 Å². The fourth-order valence-corrected chi connectivity index (χ4v) is 6.67. The molecule has 2 saturated carbocycles. The van der Waals surface area contributed by atoms with Gasteiger partial charge in [0, 0.05) is 12.6 Å². The third-order valence-corrected chi connectivity index (χ3v) is 9.72. The van der Waals surface area contributed by atoms with Crippen molar-refractivity contribution in [3.05, 3.63) is 0 Å². The molecule has 0 amide bonds. The Balaban J connectivity index is 1.30. The molecule has 0 saturated heterocycles. The van der Waals surface area contributed by atoms with Gasteiger partial charge in [0.15, 0.2) is 0 Å². The molecular formula is C35H69NO. The largest absolute Gasteiger partial charge is 0.380 e. The summed E-state index contributed by atoms with van der Waals surface area (Å²) >= 11 is 0. The fourth-order valence-electron chi connectivity index (χ4n) is 6.67. The van der Waals surface area contributed by atoms with Gasteiger partial charge in [0.2, 0.25) is 0 Å². The molecule has 0 heterocycles. The average Bonchev–Trinajstić information content (AvgIpc) is 3.81. The monoisotopic (exact) mass is 520 g/mol.